The van der Waals surface area contributed by atoms with E-state index < -0.39 is 11.2 Å². The van der Waals surface area contributed by atoms with Crippen molar-refractivity contribution in [3.63, 3.8) is 0 Å². The Balaban J connectivity index is 1.82. The summed E-state index contributed by atoms with van der Waals surface area (Å²) in [4.78, 5) is 30.9. The third-order valence-electron chi connectivity index (χ3n) is 2.66. The molecule has 0 fully saturated rings. The molecule has 0 bridgehead atoms. The van der Waals surface area contributed by atoms with Gasteiger partial charge in [-0.3, -0.25) is 9.59 Å². The van der Waals surface area contributed by atoms with Crippen molar-refractivity contribution in [1.29, 1.82) is 0 Å². The smallest absolute Gasteiger partial charge is 0.262 e. The second kappa shape index (κ2) is 6.89. The zero-order valence-electron chi connectivity index (χ0n) is 11.2. The molecular weight excluding hydrogens is 290 g/mol. The number of hydrogen-bond donors (Lipinski definition) is 3. The van der Waals surface area contributed by atoms with E-state index in [9.17, 15) is 9.59 Å². The number of guanidine groups is 1. The van der Waals surface area contributed by atoms with Crippen LogP contribution in [0.2, 0.25) is 0 Å². The molecule has 110 valence electrons. The fourth-order valence-corrected chi connectivity index (χ4v) is 2.64. The third-order valence-corrected chi connectivity index (χ3v) is 3.70. The van der Waals surface area contributed by atoms with E-state index >= 15 is 0 Å². The fourth-order valence-electron chi connectivity index (χ4n) is 1.70. The molecule has 1 aromatic rings. The number of nitrogens with zero attached hydrogens (tertiary/aromatic N) is 2. The molecule has 0 aromatic heterocycles. The number of amidine groups is 1. The SMILES string of the molecule is NC(N)=NC1=NC(=O)[C@@H](CC(=O)NCc2ccccc2)S1. The van der Waals surface area contributed by atoms with Crippen molar-refractivity contribution in [1.82, 2.24) is 5.32 Å². The molecule has 7 nitrogen and oxygen atoms in total. The molecule has 1 heterocycles. The summed E-state index contributed by atoms with van der Waals surface area (Å²) in [6.07, 6.45) is 0.0450. The summed E-state index contributed by atoms with van der Waals surface area (Å²) in [7, 11) is 0. The van der Waals surface area contributed by atoms with Crippen LogP contribution in [0.1, 0.15) is 12.0 Å². The molecule has 1 aliphatic heterocycles. The first-order valence-electron chi connectivity index (χ1n) is 6.24. The molecule has 1 aromatic carbocycles. The first-order valence-corrected chi connectivity index (χ1v) is 7.12. The molecule has 0 spiro atoms. The Bertz CT molecular complexity index is 596. The van der Waals surface area contributed by atoms with Gasteiger partial charge >= 0.3 is 0 Å². The van der Waals surface area contributed by atoms with Crippen LogP contribution in [0.5, 0.6) is 0 Å². The molecular formula is C13H15N5O2S. The largest absolute Gasteiger partial charge is 0.370 e. The van der Waals surface area contributed by atoms with Crippen LogP contribution in [0.4, 0.5) is 0 Å². The first kappa shape index (κ1) is 15.0. The maximum Gasteiger partial charge on any atom is 0.262 e. The molecule has 2 rings (SSSR count). The Labute approximate surface area is 125 Å². The van der Waals surface area contributed by atoms with Crippen molar-refractivity contribution in [2.45, 2.75) is 18.2 Å². The van der Waals surface area contributed by atoms with E-state index in [-0.39, 0.29) is 23.5 Å². The predicted octanol–water partition coefficient (Wildman–Crippen LogP) is -0.0357. The lowest BCUT2D eigenvalue weighted by Crippen LogP contribution is -2.27. The monoisotopic (exact) mass is 305 g/mol. The topological polar surface area (TPSA) is 123 Å². The maximum atomic E-state index is 11.8. The summed E-state index contributed by atoms with van der Waals surface area (Å²) < 4.78 is 0. The summed E-state index contributed by atoms with van der Waals surface area (Å²) in [5.74, 6) is -0.774. The average Bonchev–Trinajstić information content (AvgIpc) is 2.76. The molecule has 0 saturated carbocycles. The molecule has 0 saturated heterocycles. The molecule has 1 aliphatic rings. The minimum Gasteiger partial charge on any atom is -0.370 e. The van der Waals surface area contributed by atoms with E-state index in [1.807, 2.05) is 30.3 Å². The number of thioether (sulfide) groups is 1. The fraction of sp³-hybridized carbons (Fsp3) is 0.231. The highest BCUT2D eigenvalue weighted by Gasteiger charge is 2.30. The van der Waals surface area contributed by atoms with Crippen LogP contribution in [0.15, 0.2) is 40.3 Å². The van der Waals surface area contributed by atoms with E-state index in [0.29, 0.717) is 6.54 Å². The van der Waals surface area contributed by atoms with Crippen LogP contribution in [0, 0.1) is 0 Å². The second-order valence-electron chi connectivity index (χ2n) is 4.34. The molecule has 0 aliphatic carbocycles. The minimum absolute atomic E-state index is 0.0450. The summed E-state index contributed by atoms with van der Waals surface area (Å²) in [6, 6.07) is 9.52. The lowest BCUT2D eigenvalue weighted by atomic mass is 10.2. The average molecular weight is 305 g/mol. The van der Waals surface area contributed by atoms with Gasteiger partial charge in [0.05, 0.1) is 0 Å². The normalized spacial score (nSPS) is 17.2. The van der Waals surface area contributed by atoms with E-state index in [1.54, 1.807) is 0 Å². The van der Waals surface area contributed by atoms with E-state index in [1.165, 1.54) is 0 Å². The number of hydrogen-bond acceptors (Lipinski definition) is 4. The number of amides is 2. The second-order valence-corrected chi connectivity index (χ2v) is 5.51. The third kappa shape index (κ3) is 4.60. The highest BCUT2D eigenvalue weighted by atomic mass is 32.2. The molecule has 1 atom stereocenters. The number of rotatable bonds is 4. The zero-order valence-corrected chi connectivity index (χ0v) is 12.0. The Kier molecular flexibility index (Phi) is 4.94. The van der Waals surface area contributed by atoms with Crippen molar-refractivity contribution in [2.24, 2.45) is 21.5 Å². The Morgan fingerprint density at radius 3 is 2.71 bits per heavy atom. The highest BCUT2D eigenvalue weighted by Crippen LogP contribution is 2.25. The van der Waals surface area contributed by atoms with Crippen LogP contribution in [-0.2, 0) is 16.1 Å². The maximum absolute atomic E-state index is 11.8. The van der Waals surface area contributed by atoms with Gasteiger partial charge in [-0.25, -0.2) is 0 Å². The van der Waals surface area contributed by atoms with Gasteiger partial charge in [0, 0.05) is 13.0 Å². The molecule has 0 unspecified atom stereocenters. The minimum atomic E-state index is -0.570. The van der Waals surface area contributed by atoms with Gasteiger partial charge in [-0.15, -0.1) is 0 Å². The molecule has 0 radical (unpaired) electrons. The zero-order chi connectivity index (χ0) is 15.2. The first-order chi connectivity index (χ1) is 10.0. The Hall–Kier alpha value is -2.35. The lowest BCUT2D eigenvalue weighted by molar-refractivity contribution is -0.124. The van der Waals surface area contributed by atoms with Crippen molar-refractivity contribution in [3.05, 3.63) is 35.9 Å². The highest BCUT2D eigenvalue weighted by molar-refractivity contribution is 8.15. The van der Waals surface area contributed by atoms with Gasteiger partial charge in [-0.1, -0.05) is 42.1 Å². The number of carbonyl (C=O) groups excluding carboxylic acids is 2. The van der Waals surface area contributed by atoms with Gasteiger partial charge in [0.25, 0.3) is 5.91 Å². The van der Waals surface area contributed by atoms with E-state index in [0.717, 1.165) is 17.3 Å². The number of nitrogens with two attached hydrogens (primary N) is 2. The number of benzene rings is 1. The van der Waals surface area contributed by atoms with Crippen LogP contribution >= 0.6 is 11.8 Å². The van der Waals surface area contributed by atoms with E-state index in [2.05, 4.69) is 15.3 Å². The van der Waals surface area contributed by atoms with Gasteiger partial charge in [0.2, 0.25) is 5.91 Å². The van der Waals surface area contributed by atoms with Crippen molar-refractivity contribution < 1.29 is 9.59 Å². The quantitative estimate of drug-likeness (QED) is 0.532. The van der Waals surface area contributed by atoms with Crippen LogP contribution in [0.3, 0.4) is 0 Å². The van der Waals surface area contributed by atoms with E-state index in [4.69, 9.17) is 11.5 Å². The van der Waals surface area contributed by atoms with Gasteiger partial charge in [0.1, 0.15) is 5.25 Å². The standard InChI is InChI=1S/C13H15N5O2S/c14-12(15)18-13-17-11(20)9(21-13)6-10(19)16-7-8-4-2-1-3-5-8/h1-5,9H,6-7H2,(H,16,19)(H4,14,15,17,18,20)/t9-/m1/s1. The van der Waals surface area contributed by atoms with Crippen molar-refractivity contribution in [2.75, 3.05) is 0 Å². The molecule has 5 N–H and O–H groups in total. The van der Waals surface area contributed by atoms with Gasteiger partial charge in [-0.2, -0.15) is 9.98 Å². The molecule has 21 heavy (non-hydrogen) atoms. The van der Waals surface area contributed by atoms with Gasteiger partial charge < -0.3 is 16.8 Å². The molecule has 2 amide bonds. The van der Waals surface area contributed by atoms with Gasteiger partial charge in [0.15, 0.2) is 11.1 Å². The summed E-state index contributed by atoms with van der Waals surface area (Å²) >= 11 is 1.09. The van der Waals surface area contributed by atoms with Crippen molar-refractivity contribution in [3.8, 4) is 0 Å². The van der Waals surface area contributed by atoms with Crippen LogP contribution in [0.25, 0.3) is 0 Å². The van der Waals surface area contributed by atoms with Crippen LogP contribution in [-0.4, -0.2) is 28.2 Å². The van der Waals surface area contributed by atoms with Crippen LogP contribution < -0.4 is 16.8 Å². The Morgan fingerprint density at radius 2 is 2.05 bits per heavy atom. The lowest BCUT2D eigenvalue weighted by Gasteiger charge is -2.07. The summed E-state index contributed by atoms with van der Waals surface area (Å²) in [5.41, 5.74) is 11.4. The predicted molar refractivity (Wildman–Crippen MR) is 82.5 cm³/mol. The Morgan fingerprint density at radius 1 is 1.33 bits per heavy atom. The molecule has 8 heteroatoms. The number of aliphatic imine (C=N–C) groups is 2. The van der Waals surface area contributed by atoms with Gasteiger partial charge in [-0.05, 0) is 5.56 Å². The number of nitrogens with one attached hydrogen (secondary N) is 1. The number of carbonyl (C=O) groups is 2. The summed E-state index contributed by atoms with van der Waals surface area (Å²) in [6.45, 7) is 0.423. The van der Waals surface area contributed by atoms with Crippen molar-refractivity contribution >= 4 is 34.7 Å². The summed E-state index contributed by atoms with van der Waals surface area (Å²) in [5, 5.41) is 2.39.